The molecule has 2 rings (SSSR count). The summed E-state index contributed by atoms with van der Waals surface area (Å²) in [6.45, 7) is 8.84. The molecule has 0 aliphatic carbocycles. The van der Waals surface area contributed by atoms with Crippen molar-refractivity contribution in [2.45, 2.75) is 39.0 Å². The van der Waals surface area contributed by atoms with Gasteiger partial charge >= 0.3 is 0 Å². The number of hydrogen-bond acceptors (Lipinski definition) is 4. The number of hydrogen-bond donors (Lipinski definition) is 0. The van der Waals surface area contributed by atoms with Crippen molar-refractivity contribution in [1.29, 1.82) is 0 Å². The van der Waals surface area contributed by atoms with Crippen molar-refractivity contribution in [2.24, 2.45) is 0 Å². The van der Waals surface area contributed by atoms with Gasteiger partial charge in [0.05, 0.1) is 12.0 Å². The first kappa shape index (κ1) is 18.7. The maximum absolute atomic E-state index is 13.1. The van der Waals surface area contributed by atoms with E-state index in [4.69, 9.17) is 4.74 Å². The smallest absolute Gasteiger partial charge is 0.243 e. The van der Waals surface area contributed by atoms with E-state index in [0.29, 0.717) is 43.1 Å². The lowest BCUT2D eigenvalue weighted by Crippen LogP contribution is -2.36. The Kier molecular flexibility index (Phi) is 5.55. The van der Waals surface area contributed by atoms with Gasteiger partial charge in [-0.25, -0.2) is 8.42 Å². The van der Waals surface area contributed by atoms with E-state index in [9.17, 15) is 13.2 Å². The molecule has 0 unspecified atom stereocenters. The van der Waals surface area contributed by atoms with Gasteiger partial charge in [-0.1, -0.05) is 0 Å². The van der Waals surface area contributed by atoms with Crippen molar-refractivity contribution < 1.29 is 17.9 Å². The minimum atomic E-state index is -3.60. The Morgan fingerprint density at radius 3 is 2.33 bits per heavy atom. The molecule has 0 radical (unpaired) electrons. The van der Waals surface area contributed by atoms with Crippen molar-refractivity contribution in [3.63, 3.8) is 0 Å². The molecule has 0 spiro atoms. The van der Waals surface area contributed by atoms with E-state index in [-0.39, 0.29) is 5.91 Å². The number of rotatable bonds is 3. The lowest BCUT2D eigenvalue weighted by Gasteiger charge is -2.23. The highest BCUT2D eigenvalue weighted by molar-refractivity contribution is 7.89. The summed E-state index contributed by atoms with van der Waals surface area (Å²) in [4.78, 5) is 13.6. The molecule has 1 saturated heterocycles. The zero-order valence-electron chi connectivity index (χ0n) is 15.0. The van der Waals surface area contributed by atoms with Crippen LogP contribution in [0.2, 0.25) is 0 Å². The fourth-order valence-electron chi connectivity index (χ4n) is 3.19. The summed E-state index contributed by atoms with van der Waals surface area (Å²) in [6, 6.07) is 1.68. The topological polar surface area (TPSA) is 66.9 Å². The maximum atomic E-state index is 13.1. The zero-order valence-corrected chi connectivity index (χ0v) is 15.9. The lowest BCUT2D eigenvalue weighted by molar-refractivity contribution is -0.128. The van der Waals surface area contributed by atoms with Crippen LogP contribution in [0, 0.1) is 20.8 Å². The van der Waals surface area contributed by atoms with E-state index < -0.39 is 10.0 Å². The number of sulfonamides is 1. The second-order valence-electron chi connectivity index (χ2n) is 6.24. The van der Waals surface area contributed by atoms with Crippen LogP contribution in [0.1, 0.15) is 30.0 Å². The van der Waals surface area contributed by atoms with Gasteiger partial charge in [0.2, 0.25) is 15.9 Å². The molecule has 0 N–H and O–H groups in total. The number of ether oxygens (including phenoxy) is 1. The summed E-state index contributed by atoms with van der Waals surface area (Å²) < 4.78 is 33.1. The molecular weight excluding hydrogens is 328 g/mol. The molecule has 0 bridgehead atoms. The number of amides is 1. The zero-order chi connectivity index (χ0) is 18.1. The van der Waals surface area contributed by atoms with E-state index in [1.54, 1.807) is 18.1 Å². The average molecular weight is 354 g/mol. The quantitative estimate of drug-likeness (QED) is 0.831. The van der Waals surface area contributed by atoms with Crippen LogP contribution >= 0.6 is 0 Å². The summed E-state index contributed by atoms with van der Waals surface area (Å²) in [5, 5.41) is 0. The summed E-state index contributed by atoms with van der Waals surface area (Å²) >= 11 is 0. The summed E-state index contributed by atoms with van der Waals surface area (Å²) in [7, 11) is -2.00. The van der Waals surface area contributed by atoms with Gasteiger partial charge in [-0.2, -0.15) is 4.31 Å². The second kappa shape index (κ2) is 7.11. The predicted molar refractivity (Wildman–Crippen MR) is 92.8 cm³/mol. The van der Waals surface area contributed by atoms with Crippen molar-refractivity contribution in [1.82, 2.24) is 9.21 Å². The minimum absolute atomic E-state index is 0.0124. The summed E-state index contributed by atoms with van der Waals surface area (Å²) in [6.07, 6.45) is 0.645. The molecule has 1 aliphatic heterocycles. The van der Waals surface area contributed by atoms with Crippen molar-refractivity contribution in [3.8, 4) is 5.75 Å². The van der Waals surface area contributed by atoms with Gasteiger partial charge in [0.15, 0.2) is 0 Å². The number of methoxy groups -OCH3 is 1. The monoisotopic (exact) mass is 354 g/mol. The minimum Gasteiger partial charge on any atom is -0.496 e. The number of carbonyl (C=O) groups excluding carboxylic acids is 1. The molecule has 24 heavy (non-hydrogen) atoms. The van der Waals surface area contributed by atoms with Gasteiger partial charge in [0.25, 0.3) is 0 Å². The number of nitrogens with zero attached hydrogens (tertiary/aromatic N) is 2. The fraction of sp³-hybridized carbons (Fsp3) is 0.588. The van der Waals surface area contributed by atoms with Crippen LogP contribution in [-0.4, -0.2) is 56.8 Å². The molecule has 1 aliphatic rings. The van der Waals surface area contributed by atoms with E-state index in [1.807, 2.05) is 20.8 Å². The van der Waals surface area contributed by atoms with Crippen LogP contribution in [0.15, 0.2) is 11.0 Å². The van der Waals surface area contributed by atoms with E-state index in [2.05, 4.69) is 0 Å². The van der Waals surface area contributed by atoms with Crippen LogP contribution < -0.4 is 4.74 Å². The van der Waals surface area contributed by atoms with Gasteiger partial charge in [-0.15, -0.1) is 0 Å². The highest BCUT2D eigenvalue weighted by Gasteiger charge is 2.30. The first-order valence-corrected chi connectivity index (χ1v) is 9.54. The van der Waals surface area contributed by atoms with Crippen LogP contribution in [0.25, 0.3) is 0 Å². The van der Waals surface area contributed by atoms with Crippen LogP contribution in [0.4, 0.5) is 0 Å². The molecule has 134 valence electrons. The molecule has 0 saturated carbocycles. The Bertz CT molecular complexity index is 743. The molecule has 7 heteroatoms. The van der Waals surface area contributed by atoms with Gasteiger partial charge in [0.1, 0.15) is 5.75 Å². The van der Waals surface area contributed by atoms with Gasteiger partial charge in [-0.05, 0) is 49.9 Å². The van der Waals surface area contributed by atoms with E-state index in [1.165, 1.54) is 11.2 Å². The van der Waals surface area contributed by atoms with Crippen molar-refractivity contribution in [3.05, 3.63) is 22.8 Å². The standard InChI is InChI=1S/C17H26N2O4S/c1-12-11-16(13(2)14(3)17(12)23-5)24(21,22)19-8-6-7-18(9-10-19)15(4)20/h11H,6-10H2,1-5H3. The number of benzene rings is 1. The van der Waals surface area contributed by atoms with Crippen LogP contribution in [0.3, 0.4) is 0 Å². The predicted octanol–water partition coefficient (Wildman–Crippen LogP) is 1.86. The van der Waals surface area contributed by atoms with Crippen molar-refractivity contribution >= 4 is 15.9 Å². The average Bonchev–Trinajstić information content (AvgIpc) is 2.78. The molecule has 1 fully saturated rings. The molecular formula is C17H26N2O4S. The molecule has 6 nitrogen and oxygen atoms in total. The number of carbonyl (C=O) groups is 1. The Morgan fingerprint density at radius 2 is 1.75 bits per heavy atom. The normalized spacial score (nSPS) is 16.8. The summed E-state index contributed by atoms with van der Waals surface area (Å²) in [5.74, 6) is 0.714. The fourth-order valence-corrected chi connectivity index (χ4v) is 5.03. The van der Waals surface area contributed by atoms with E-state index >= 15 is 0 Å². The van der Waals surface area contributed by atoms with Crippen molar-refractivity contribution in [2.75, 3.05) is 33.3 Å². The molecule has 1 aromatic carbocycles. The molecule has 1 aromatic rings. The highest BCUT2D eigenvalue weighted by atomic mass is 32.2. The third kappa shape index (κ3) is 3.42. The Morgan fingerprint density at radius 1 is 1.08 bits per heavy atom. The van der Waals surface area contributed by atoms with Gasteiger partial charge in [-0.3, -0.25) is 4.79 Å². The highest BCUT2D eigenvalue weighted by Crippen LogP contribution is 2.32. The lowest BCUT2D eigenvalue weighted by atomic mass is 10.1. The maximum Gasteiger partial charge on any atom is 0.243 e. The first-order chi connectivity index (χ1) is 11.2. The SMILES string of the molecule is COc1c(C)cc(S(=O)(=O)N2CCCN(C(C)=O)CC2)c(C)c1C. The van der Waals surface area contributed by atoms with Gasteiger partial charge < -0.3 is 9.64 Å². The molecule has 1 heterocycles. The Hall–Kier alpha value is -1.60. The van der Waals surface area contributed by atoms with E-state index in [0.717, 1.165) is 16.9 Å². The molecule has 1 amide bonds. The third-order valence-corrected chi connectivity index (χ3v) is 6.73. The third-order valence-electron chi connectivity index (χ3n) is 4.70. The Balaban J connectivity index is 2.39. The molecule has 0 atom stereocenters. The molecule has 0 aromatic heterocycles. The van der Waals surface area contributed by atoms with Crippen LogP contribution in [-0.2, 0) is 14.8 Å². The second-order valence-corrected chi connectivity index (χ2v) is 8.14. The van der Waals surface area contributed by atoms with Gasteiger partial charge in [0, 0.05) is 33.1 Å². The Labute approximate surface area is 144 Å². The van der Waals surface area contributed by atoms with Crippen LogP contribution in [0.5, 0.6) is 5.75 Å². The summed E-state index contributed by atoms with van der Waals surface area (Å²) in [5.41, 5.74) is 2.36. The number of aryl methyl sites for hydroxylation is 1. The first-order valence-electron chi connectivity index (χ1n) is 8.10. The largest absolute Gasteiger partial charge is 0.496 e.